The van der Waals surface area contributed by atoms with Crippen LogP contribution in [0, 0.1) is 13.8 Å². The van der Waals surface area contributed by atoms with Crippen LogP contribution in [0.25, 0.3) is 0 Å². The maximum atomic E-state index is 13.5. The molecule has 1 amide bonds. The van der Waals surface area contributed by atoms with Crippen LogP contribution < -0.4 is 4.90 Å². The lowest BCUT2D eigenvalue weighted by Gasteiger charge is -2.37. The number of carbonyl (C=O) groups is 1. The highest BCUT2D eigenvalue weighted by Gasteiger charge is 2.30. The maximum Gasteiger partial charge on any atom is 0.243 e. The predicted molar refractivity (Wildman–Crippen MR) is 140 cm³/mol. The van der Waals surface area contributed by atoms with Crippen molar-refractivity contribution in [2.75, 3.05) is 37.6 Å². The average molecular weight is 512 g/mol. The molecule has 0 radical (unpaired) electrons. The average Bonchev–Trinajstić information content (AvgIpc) is 2.86. The molecule has 0 N–H and O–H groups in total. The molecule has 0 bridgehead atoms. The summed E-state index contributed by atoms with van der Waals surface area (Å²) in [5, 5.41) is 0.455. The lowest BCUT2D eigenvalue weighted by molar-refractivity contribution is -0.131. The number of aryl methyl sites for hydroxylation is 1. The second-order valence-corrected chi connectivity index (χ2v) is 11.2. The van der Waals surface area contributed by atoms with Crippen LogP contribution in [0.1, 0.15) is 16.7 Å². The van der Waals surface area contributed by atoms with Gasteiger partial charge in [-0.3, -0.25) is 4.79 Å². The van der Waals surface area contributed by atoms with Crippen molar-refractivity contribution in [1.82, 2.24) is 9.21 Å². The SMILES string of the molecule is Cc1cccc(N2CCN(C(=O)CN(Cc3ccccc3)S(=O)(=O)c3ccc(Cl)cc3)CC2)c1C. The molecule has 184 valence electrons. The van der Waals surface area contributed by atoms with E-state index < -0.39 is 10.0 Å². The number of amides is 1. The Bertz CT molecular complexity index is 1270. The van der Waals surface area contributed by atoms with Crippen molar-refractivity contribution in [2.45, 2.75) is 25.3 Å². The molecule has 1 heterocycles. The third kappa shape index (κ3) is 5.86. The minimum Gasteiger partial charge on any atom is -0.368 e. The van der Waals surface area contributed by atoms with Crippen LogP contribution in [0.15, 0.2) is 77.7 Å². The first-order valence-corrected chi connectivity index (χ1v) is 13.5. The molecule has 3 aromatic carbocycles. The van der Waals surface area contributed by atoms with E-state index in [-0.39, 0.29) is 23.9 Å². The van der Waals surface area contributed by atoms with Gasteiger partial charge in [0.1, 0.15) is 0 Å². The van der Waals surface area contributed by atoms with Crippen LogP contribution in [0.3, 0.4) is 0 Å². The van der Waals surface area contributed by atoms with Crippen molar-refractivity contribution in [3.05, 3.63) is 94.5 Å². The van der Waals surface area contributed by atoms with Gasteiger partial charge in [0, 0.05) is 43.4 Å². The summed E-state index contributed by atoms with van der Waals surface area (Å²) < 4.78 is 28.2. The predicted octanol–water partition coefficient (Wildman–Crippen LogP) is 4.50. The topological polar surface area (TPSA) is 60.9 Å². The molecule has 1 saturated heterocycles. The smallest absolute Gasteiger partial charge is 0.243 e. The van der Waals surface area contributed by atoms with Crippen molar-refractivity contribution in [3.8, 4) is 0 Å². The van der Waals surface area contributed by atoms with Crippen molar-refractivity contribution in [1.29, 1.82) is 0 Å². The third-order valence-corrected chi connectivity index (χ3v) is 8.57. The number of carbonyl (C=O) groups excluding carboxylic acids is 1. The van der Waals surface area contributed by atoms with Crippen molar-refractivity contribution in [2.24, 2.45) is 0 Å². The standard InChI is InChI=1S/C27H30ClN3O3S/c1-21-7-6-10-26(22(21)2)29-15-17-30(18-16-29)27(32)20-31(19-23-8-4-3-5-9-23)35(33,34)25-13-11-24(28)12-14-25/h3-14H,15-20H2,1-2H3. The van der Waals surface area contributed by atoms with Gasteiger partial charge in [0.05, 0.1) is 11.4 Å². The molecule has 3 aromatic rings. The van der Waals surface area contributed by atoms with E-state index in [1.54, 1.807) is 17.0 Å². The van der Waals surface area contributed by atoms with Crippen molar-refractivity contribution in [3.63, 3.8) is 0 Å². The Morgan fingerprint density at radius 3 is 2.20 bits per heavy atom. The first kappa shape index (κ1) is 25.2. The zero-order valence-electron chi connectivity index (χ0n) is 20.0. The van der Waals surface area contributed by atoms with Crippen LogP contribution in [-0.2, 0) is 21.4 Å². The Morgan fingerprint density at radius 2 is 1.54 bits per heavy atom. The van der Waals surface area contributed by atoms with Crippen LogP contribution in [-0.4, -0.2) is 56.3 Å². The molecule has 35 heavy (non-hydrogen) atoms. The Morgan fingerprint density at radius 1 is 0.886 bits per heavy atom. The van der Waals surface area contributed by atoms with Crippen LogP contribution in [0.5, 0.6) is 0 Å². The molecule has 1 fully saturated rings. The number of sulfonamides is 1. The summed E-state index contributed by atoms with van der Waals surface area (Å²) in [4.78, 5) is 17.4. The lowest BCUT2D eigenvalue weighted by atomic mass is 10.1. The van der Waals surface area contributed by atoms with Gasteiger partial charge < -0.3 is 9.80 Å². The quantitative estimate of drug-likeness (QED) is 0.468. The van der Waals surface area contributed by atoms with Crippen molar-refractivity contribution < 1.29 is 13.2 Å². The van der Waals surface area contributed by atoms with E-state index >= 15 is 0 Å². The number of benzene rings is 3. The molecular formula is C27H30ClN3O3S. The zero-order valence-corrected chi connectivity index (χ0v) is 21.6. The minimum absolute atomic E-state index is 0.111. The fourth-order valence-corrected chi connectivity index (χ4v) is 5.80. The number of hydrogen-bond acceptors (Lipinski definition) is 4. The maximum absolute atomic E-state index is 13.5. The number of hydrogen-bond donors (Lipinski definition) is 0. The van der Waals surface area contributed by atoms with Gasteiger partial charge in [-0.05, 0) is 60.9 Å². The normalized spacial score (nSPS) is 14.4. The van der Waals surface area contributed by atoms with Gasteiger partial charge in [-0.1, -0.05) is 54.1 Å². The first-order chi connectivity index (χ1) is 16.8. The molecule has 0 atom stereocenters. The van der Waals surface area contributed by atoms with Crippen LogP contribution >= 0.6 is 11.6 Å². The molecule has 8 heteroatoms. The Kier molecular flexibility index (Phi) is 7.79. The summed E-state index contributed by atoms with van der Waals surface area (Å²) in [7, 11) is -3.90. The molecule has 4 rings (SSSR count). The molecule has 0 aliphatic carbocycles. The van der Waals surface area contributed by atoms with Gasteiger partial charge in [0.25, 0.3) is 0 Å². The molecule has 0 unspecified atom stereocenters. The number of halogens is 1. The molecule has 1 aliphatic rings. The fraction of sp³-hybridized carbons (Fsp3) is 0.296. The number of nitrogens with zero attached hydrogens (tertiary/aromatic N) is 3. The van der Waals surface area contributed by atoms with Crippen molar-refractivity contribution >= 4 is 33.2 Å². The monoisotopic (exact) mass is 511 g/mol. The molecular weight excluding hydrogens is 482 g/mol. The third-order valence-electron chi connectivity index (χ3n) is 6.51. The first-order valence-electron chi connectivity index (χ1n) is 11.6. The van der Waals surface area contributed by atoms with Gasteiger partial charge in [-0.25, -0.2) is 8.42 Å². The van der Waals surface area contributed by atoms with Gasteiger partial charge >= 0.3 is 0 Å². The Labute approximate surface area is 212 Å². The van der Waals surface area contributed by atoms with Crippen LogP contribution in [0.2, 0.25) is 5.02 Å². The highest BCUT2D eigenvalue weighted by molar-refractivity contribution is 7.89. The lowest BCUT2D eigenvalue weighted by Crippen LogP contribution is -2.52. The molecule has 6 nitrogen and oxygen atoms in total. The van der Waals surface area contributed by atoms with Gasteiger partial charge in [0.15, 0.2) is 0 Å². The van der Waals surface area contributed by atoms with Gasteiger partial charge in [0.2, 0.25) is 15.9 Å². The molecule has 0 aromatic heterocycles. The molecule has 1 aliphatic heterocycles. The molecule has 0 saturated carbocycles. The van der Waals surface area contributed by atoms with E-state index in [2.05, 4.69) is 36.9 Å². The second-order valence-electron chi connectivity index (χ2n) is 8.80. The minimum atomic E-state index is -3.90. The Hall–Kier alpha value is -2.87. The van der Waals surface area contributed by atoms with Gasteiger partial charge in [-0.15, -0.1) is 0 Å². The number of anilines is 1. The summed E-state index contributed by atoms with van der Waals surface area (Å²) in [6.45, 7) is 6.62. The van der Waals surface area contributed by atoms with E-state index in [9.17, 15) is 13.2 Å². The highest BCUT2D eigenvalue weighted by Crippen LogP contribution is 2.25. The summed E-state index contributed by atoms with van der Waals surface area (Å²) >= 11 is 5.96. The summed E-state index contributed by atoms with van der Waals surface area (Å²) in [6.07, 6.45) is 0. The molecule has 0 spiro atoms. The zero-order chi connectivity index (χ0) is 25.0. The van der Waals surface area contributed by atoms with Gasteiger partial charge in [-0.2, -0.15) is 4.31 Å². The van der Waals surface area contributed by atoms with E-state index in [1.807, 2.05) is 30.3 Å². The number of piperazine rings is 1. The largest absolute Gasteiger partial charge is 0.368 e. The second kappa shape index (κ2) is 10.8. The van der Waals surface area contributed by atoms with E-state index in [1.165, 1.54) is 33.3 Å². The number of rotatable bonds is 7. The van der Waals surface area contributed by atoms with E-state index in [4.69, 9.17) is 11.6 Å². The highest BCUT2D eigenvalue weighted by atomic mass is 35.5. The van der Waals surface area contributed by atoms with Crippen LogP contribution in [0.4, 0.5) is 5.69 Å². The summed E-state index contributed by atoms with van der Waals surface area (Å²) in [5.74, 6) is -0.195. The summed E-state index contributed by atoms with van der Waals surface area (Å²) in [6, 6.07) is 21.6. The van der Waals surface area contributed by atoms with E-state index in [0.29, 0.717) is 31.2 Å². The Balaban J connectivity index is 1.49. The fourth-order valence-electron chi connectivity index (χ4n) is 4.29. The summed E-state index contributed by atoms with van der Waals surface area (Å²) in [5.41, 5.74) is 4.49. The van der Waals surface area contributed by atoms with E-state index in [0.717, 1.165) is 5.56 Å².